The third kappa shape index (κ3) is 2.84. The molecule has 1 aromatic carbocycles. The van der Waals surface area contributed by atoms with Crippen molar-refractivity contribution in [1.82, 2.24) is 9.55 Å². The van der Waals surface area contributed by atoms with Crippen LogP contribution in [0.2, 0.25) is 0 Å². The molecule has 2 heterocycles. The number of aromatic nitrogens is 2. The first-order chi connectivity index (χ1) is 9.35. The highest BCUT2D eigenvalue weighted by Gasteiger charge is 2.10. The van der Waals surface area contributed by atoms with Gasteiger partial charge in [-0.15, -0.1) is 11.8 Å². The smallest absolute Gasteiger partial charge is 0.118 e. The standard InChI is InChI=1S/C15H16N2OS/c1-18-13-4-2-12(3-5-13)11-19-14-6-7-15-16-8-9-17(15)10-14/h2-5,8-10H,6-7,11H2,1H3. The number of hydrogen-bond donors (Lipinski definition) is 0. The third-order valence-corrected chi connectivity index (χ3v) is 4.37. The molecule has 0 amide bonds. The molecule has 0 radical (unpaired) electrons. The Balaban J connectivity index is 1.63. The van der Waals surface area contributed by atoms with Gasteiger partial charge >= 0.3 is 0 Å². The summed E-state index contributed by atoms with van der Waals surface area (Å²) in [4.78, 5) is 5.74. The van der Waals surface area contributed by atoms with E-state index in [1.54, 1.807) is 7.11 Å². The third-order valence-electron chi connectivity index (χ3n) is 3.21. The zero-order valence-corrected chi connectivity index (χ0v) is 11.7. The second-order valence-corrected chi connectivity index (χ2v) is 5.58. The largest absolute Gasteiger partial charge is 0.497 e. The molecule has 0 N–H and O–H groups in total. The summed E-state index contributed by atoms with van der Waals surface area (Å²) in [5, 5.41) is 0. The summed E-state index contributed by atoms with van der Waals surface area (Å²) >= 11 is 1.90. The number of methoxy groups -OCH3 is 1. The molecular weight excluding hydrogens is 256 g/mol. The minimum atomic E-state index is 0.911. The first-order valence-electron chi connectivity index (χ1n) is 6.33. The van der Waals surface area contributed by atoms with Crippen LogP contribution >= 0.6 is 11.8 Å². The molecule has 0 atom stereocenters. The topological polar surface area (TPSA) is 27.1 Å². The van der Waals surface area contributed by atoms with E-state index >= 15 is 0 Å². The fraction of sp³-hybridized carbons (Fsp3) is 0.267. The van der Waals surface area contributed by atoms with Crippen LogP contribution in [0.3, 0.4) is 0 Å². The summed E-state index contributed by atoms with van der Waals surface area (Å²) in [6.07, 6.45) is 8.21. The van der Waals surface area contributed by atoms with Gasteiger partial charge in [-0.3, -0.25) is 0 Å². The van der Waals surface area contributed by atoms with Crippen molar-refractivity contribution in [3.63, 3.8) is 0 Å². The lowest BCUT2D eigenvalue weighted by Gasteiger charge is -2.14. The van der Waals surface area contributed by atoms with Crippen LogP contribution in [-0.2, 0) is 12.2 Å². The van der Waals surface area contributed by atoms with E-state index in [-0.39, 0.29) is 0 Å². The van der Waals surface area contributed by atoms with Crippen molar-refractivity contribution < 1.29 is 4.74 Å². The second kappa shape index (κ2) is 5.53. The van der Waals surface area contributed by atoms with Crippen LogP contribution in [0, 0.1) is 0 Å². The molecule has 1 aliphatic rings. The Hall–Kier alpha value is -1.68. The predicted molar refractivity (Wildman–Crippen MR) is 79.1 cm³/mol. The Bertz CT molecular complexity index is 586. The predicted octanol–water partition coefficient (Wildman–Crippen LogP) is 3.57. The van der Waals surface area contributed by atoms with Crippen molar-refractivity contribution in [1.29, 1.82) is 0 Å². The number of hydrogen-bond acceptors (Lipinski definition) is 3. The Labute approximate surface area is 117 Å². The molecule has 1 aromatic heterocycles. The van der Waals surface area contributed by atoms with Crippen molar-refractivity contribution in [2.24, 2.45) is 0 Å². The SMILES string of the molecule is COc1ccc(CSC2=Cn3ccnc3CC2)cc1. The number of ether oxygens (including phenoxy) is 1. The minimum Gasteiger partial charge on any atom is -0.497 e. The molecule has 1 aliphatic heterocycles. The normalized spacial score (nSPS) is 13.8. The molecule has 0 saturated heterocycles. The molecule has 0 saturated carbocycles. The van der Waals surface area contributed by atoms with Gasteiger partial charge in [0.05, 0.1) is 7.11 Å². The number of benzene rings is 1. The van der Waals surface area contributed by atoms with Crippen LogP contribution in [0.4, 0.5) is 0 Å². The lowest BCUT2D eigenvalue weighted by molar-refractivity contribution is 0.414. The van der Waals surface area contributed by atoms with Gasteiger partial charge in [0.25, 0.3) is 0 Å². The van der Waals surface area contributed by atoms with Gasteiger partial charge in [-0.05, 0) is 24.1 Å². The number of rotatable bonds is 4. The average molecular weight is 272 g/mol. The summed E-state index contributed by atoms with van der Waals surface area (Å²) in [6, 6.07) is 8.27. The van der Waals surface area contributed by atoms with Gasteiger partial charge in [0.2, 0.25) is 0 Å². The van der Waals surface area contributed by atoms with E-state index in [2.05, 4.69) is 27.9 Å². The Morgan fingerprint density at radius 3 is 2.89 bits per heavy atom. The van der Waals surface area contributed by atoms with Crippen LogP contribution in [0.15, 0.2) is 41.6 Å². The molecule has 3 rings (SSSR count). The Morgan fingerprint density at radius 2 is 2.11 bits per heavy atom. The number of aryl methyl sites for hydroxylation is 1. The van der Waals surface area contributed by atoms with Gasteiger partial charge < -0.3 is 9.30 Å². The molecule has 19 heavy (non-hydrogen) atoms. The van der Waals surface area contributed by atoms with Crippen molar-refractivity contribution in [2.75, 3.05) is 7.11 Å². The van der Waals surface area contributed by atoms with Crippen LogP contribution in [0.1, 0.15) is 17.8 Å². The molecule has 98 valence electrons. The van der Waals surface area contributed by atoms with E-state index in [4.69, 9.17) is 4.74 Å². The molecule has 0 bridgehead atoms. The van der Waals surface area contributed by atoms with E-state index in [0.29, 0.717) is 0 Å². The molecule has 0 aliphatic carbocycles. The first-order valence-corrected chi connectivity index (χ1v) is 7.32. The highest BCUT2D eigenvalue weighted by atomic mass is 32.2. The zero-order valence-electron chi connectivity index (χ0n) is 10.9. The average Bonchev–Trinajstić information content (AvgIpc) is 2.93. The molecule has 2 aromatic rings. The molecule has 0 unspecified atom stereocenters. The van der Waals surface area contributed by atoms with Gasteiger partial charge in [0.1, 0.15) is 11.6 Å². The van der Waals surface area contributed by atoms with Crippen LogP contribution < -0.4 is 4.74 Å². The van der Waals surface area contributed by atoms with Gasteiger partial charge in [0.15, 0.2) is 0 Å². The van der Waals surface area contributed by atoms with Crippen LogP contribution in [-0.4, -0.2) is 16.7 Å². The van der Waals surface area contributed by atoms with Crippen molar-refractivity contribution in [3.8, 4) is 5.75 Å². The Morgan fingerprint density at radius 1 is 1.26 bits per heavy atom. The Kier molecular flexibility index (Phi) is 3.60. The molecule has 0 spiro atoms. The number of allylic oxidation sites excluding steroid dienone is 1. The molecule has 0 fully saturated rings. The molecule has 3 nitrogen and oxygen atoms in total. The van der Waals surface area contributed by atoms with E-state index in [0.717, 1.165) is 30.2 Å². The van der Waals surface area contributed by atoms with E-state index < -0.39 is 0 Å². The van der Waals surface area contributed by atoms with Gasteiger partial charge in [-0.2, -0.15) is 0 Å². The summed E-state index contributed by atoms with van der Waals surface area (Å²) in [5.41, 5.74) is 1.32. The second-order valence-electron chi connectivity index (χ2n) is 4.48. The molecular formula is C15H16N2OS. The highest BCUT2D eigenvalue weighted by Crippen LogP contribution is 2.29. The first kappa shape index (κ1) is 12.4. The fourth-order valence-corrected chi connectivity index (χ4v) is 3.10. The minimum absolute atomic E-state index is 0.911. The summed E-state index contributed by atoms with van der Waals surface area (Å²) < 4.78 is 7.29. The van der Waals surface area contributed by atoms with E-state index in [1.807, 2.05) is 36.3 Å². The van der Waals surface area contributed by atoms with Gasteiger partial charge in [-0.1, -0.05) is 12.1 Å². The van der Waals surface area contributed by atoms with Gasteiger partial charge in [0, 0.05) is 35.7 Å². The lowest BCUT2D eigenvalue weighted by atomic mass is 10.2. The number of nitrogens with zero attached hydrogens (tertiary/aromatic N) is 2. The quantitative estimate of drug-likeness (QED) is 0.851. The van der Waals surface area contributed by atoms with Crippen LogP contribution in [0.5, 0.6) is 5.75 Å². The maximum Gasteiger partial charge on any atom is 0.118 e. The van der Waals surface area contributed by atoms with Crippen molar-refractivity contribution in [2.45, 2.75) is 18.6 Å². The van der Waals surface area contributed by atoms with E-state index in [9.17, 15) is 0 Å². The van der Waals surface area contributed by atoms with E-state index in [1.165, 1.54) is 10.5 Å². The number of fused-ring (bicyclic) bond motifs is 1. The summed E-state index contributed by atoms with van der Waals surface area (Å²) in [5.74, 6) is 3.07. The fourth-order valence-electron chi connectivity index (χ4n) is 2.12. The van der Waals surface area contributed by atoms with Gasteiger partial charge in [-0.25, -0.2) is 4.98 Å². The lowest BCUT2D eigenvalue weighted by Crippen LogP contribution is -2.03. The van der Waals surface area contributed by atoms with Crippen molar-refractivity contribution >= 4 is 18.0 Å². The number of imidazole rings is 1. The molecule has 4 heteroatoms. The van der Waals surface area contributed by atoms with Crippen molar-refractivity contribution in [3.05, 3.63) is 53.0 Å². The maximum atomic E-state index is 5.17. The summed E-state index contributed by atoms with van der Waals surface area (Å²) in [7, 11) is 1.69. The summed E-state index contributed by atoms with van der Waals surface area (Å²) in [6.45, 7) is 0. The maximum absolute atomic E-state index is 5.17. The van der Waals surface area contributed by atoms with Crippen LogP contribution in [0.25, 0.3) is 6.20 Å². The zero-order chi connectivity index (χ0) is 13.1. The monoisotopic (exact) mass is 272 g/mol. The number of thioether (sulfide) groups is 1. The highest BCUT2D eigenvalue weighted by molar-refractivity contribution is 8.02.